The molecule has 0 atom stereocenters. The molecule has 0 saturated heterocycles. The molecule has 0 aromatic carbocycles. The van der Waals surface area contributed by atoms with Crippen LogP contribution in [0.3, 0.4) is 0 Å². The Morgan fingerprint density at radius 2 is 1.79 bits per heavy atom. The second-order valence-electron chi connectivity index (χ2n) is 3.05. The SMILES string of the molecule is [2H]N(C[C-]=CC=[CH-])C(C)(C)C.[V+2].[V].[V].[V]. The van der Waals surface area contributed by atoms with Crippen LogP contribution in [0.5, 0.6) is 0 Å². The molecule has 0 rings (SSSR count). The summed E-state index contributed by atoms with van der Waals surface area (Å²) in [6.45, 7) is 11.5. The summed E-state index contributed by atoms with van der Waals surface area (Å²) in [5, 5.41) is 1.45. The van der Waals surface area contributed by atoms with E-state index in [0.717, 1.165) is 0 Å². The van der Waals surface area contributed by atoms with E-state index in [1.807, 2.05) is 20.8 Å². The van der Waals surface area contributed by atoms with Gasteiger partial charge in [-0.05, 0) is 20.8 Å². The molecule has 0 fully saturated rings. The first-order valence-corrected chi connectivity index (χ1v) is 3.35. The molecule has 0 bridgehead atoms. The molecule has 0 aliphatic rings. The quantitative estimate of drug-likeness (QED) is 0.608. The van der Waals surface area contributed by atoms with Crippen molar-refractivity contribution in [2.75, 3.05) is 6.54 Å². The first-order chi connectivity index (χ1) is 4.98. The standard InChI is InChI=1S/C9H15N.4V/c1-5-6-7-8-10-9(2,3)4;;;;/h1,5-6,10H,8H2,2-4H3;;;;/q-2;;;;+2/i/hD. The van der Waals surface area contributed by atoms with Crippen LogP contribution in [0.25, 0.3) is 0 Å². The second kappa shape index (κ2) is 17.2. The average Bonchev–Trinajstić information content (AvgIpc) is 1.86. The fourth-order valence-electron chi connectivity index (χ4n) is 0.404. The largest absolute Gasteiger partial charge is 2.00 e. The summed E-state index contributed by atoms with van der Waals surface area (Å²) < 4.78 is 7.50. The zero-order valence-corrected chi connectivity index (χ0v) is 14.3. The summed E-state index contributed by atoms with van der Waals surface area (Å²) >= 11 is 0. The summed E-state index contributed by atoms with van der Waals surface area (Å²) in [5.41, 5.74) is -0.130. The van der Waals surface area contributed by atoms with Crippen LogP contribution in [0, 0.1) is 12.7 Å². The van der Waals surface area contributed by atoms with Gasteiger partial charge in [0.1, 0.15) is 1.41 Å². The van der Waals surface area contributed by atoms with E-state index in [1.165, 1.54) is 11.4 Å². The molecular formula is C9H15NV4. The van der Waals surface area contributed by atoms with Crippen LogP contribution in [-0.2, 0) is 74.2 Å². The molecule has 1 N–H and O–H groups in total. The Balaban J connectivity index is -0.0000000833. The van der Waals surface area contributed by atoms with Crippen molar-refractivity contribution in [3.8, 4) is 0 Å². The van der Waals surface area contributed by atoms with Gasteiger partial charge >= 0.3 is 18.6 Å². The van der Waals surface area contributed by atoms with Crippen LogP contribution in [0.2, 0.25) is 1.41 Å². The smallest absolute Gasteiger partial charge is 0.394 e. The molecule has 0 aliphatic heterocycles. The van der Waals surface area contributed by atoms with E-state index in [4.69, 9.17) is 7.99 Å². The van der Waals surface area contributed by atoms with Gasteiger partial charge in [0, 0.05) is 61.2 Å². The summed E-state index contributed by atoms with van der Waals surface area (Å²) in [6, 6.07) is 0. The fourth-order valence-corrected chi connectivity index (χ4v) is 0.404. The summed E-state index contributed by atoms with van der Waals surface area (Å²) in [5.74, 6) is 0. The van der Waals surface area contributed by atoms with Crippen molar-refractivity contribution in [3.05, 3.63) is 24.8 Å². The Kier molecular flexibility index (Phi) is 30.5. The van der Waals surface area contributed by atoms with Gasteiger partial charge in [-0.3, -0.25) is 0 Å². The molecule has 76 valence electrons. The minimum absolute atomic E-state index is 0. The molecule has 1 nitrogen and oxygen atoms in total. The molecule has 0 heterocycles. The van der Waals surface area contributed by atoms with E-state index < -0.39 is 0 Å². The van der Waals surface area contributed by atoms with Crippen molar-refractivity contribution in [2.45, 2.75) is 26.3 Å². The number of nitrogens with one attached hydrogen (secondary N) is 1. The van der Waals surface area contributed by atoms with E-state index in [9.17, 15) is 0 Å². The Bertz CT molecular complexity index is 157. The number of hydrogen-bond acceptors (Lipinski definition) is 1. The van der Waals surface area contributed by atoms with Gasteiger partial charge in [0.05, 0.1) is 0 Å². The number of allylic oxidation sites excluding steroid dienone is 2. The summed E-state index contributed by atoms with van der Waals surface area (Å²) in [6.07, 6.45) is 5.91. The third kappa shape index (κ3) is 29.2. The topological polar surface area (TPSA) is 12.0 Å². The molecule has 0 aromatic heterocycles. The van der Waals surface area contributed by atoms with E-state index in [-0.39, 0.29) is 79.8 Å². The van der Waals surface area contributed by atoms with E-state index in [1.54, 1.807) is 6.08 Å². The Labute approximate surface area is 137 Å². The molecule has 0 aromatic rings. The van der Waals surface area contributed by atoms with Gasteiger partial charge in [-0.1, -0.05) is 6.54 Å². The maximum absolute atomic E-state index is 7.50. The van der Waals surface area contributed by atoms with Crippen molar-refractivity contribution >= 4 is 0 Å². The number of hydrogen-bond donors (Lipinski definition) is 1. The van der Waals surface area contributed by atoms with E-state index in [0.29, 0.717) is 6.54 Å². The summed E-state index contributed by atoms with van der Waals surface area (Å²) in [4.78, 5) is 0. The second-order valence-corrected chi connectivity index (χ2v) is 3.05. The predicted octanol–water partition coefficient (Wildman–Crippen LogP) is 1.71. The molecule has 0 aliphatic carbocycles. The maximum atomic E-state index is 7.50. The zero-order valence-electron chi connectivity index (χ0n) is 9.68. The number of rotatable bonds is 3. The van der Waals surface area contributed by atoms with Crippen LogP contribution in [0.4, 0.5) is 0 Å². The molecule has 5 heteroatoms. The van der Waals surface area contributed by atoms with Crippen LogP contribution in [0.15, 0.2) is 12.2 Å². The normalized spacial score (nSPS) is 10.1. The molecule has 14 heavy (non-hydrogen) atoms. The Morgan fingerprint density at radius 3 is 2.07 bits per heavy atom. The monoisotopic (exact) mass is 342 g/mol. The van der Waals surface area contributed by atoms with Crippen molar-refractivity contribution in [2.24, 2.45) is 0 Å². The van der Waals surface area contributed by atoms with Crippen LogP contribution >= 0.6 is 0 Å². The molecule has 0 unspecified atom stereocenters. The van der Waals surface area contributed by atoms with Gasteiger partial charge in [0.25, 0.3) is 0 Å². The predicted molar refractivity (Wildman–Crippen MR) is 44.4 cm³/mol. The molecule has 0 amide bonds. The first-order valence-electron chi connectivity index (χ1n) is 3.80. The van der Waals surface area contributed by atoms with Crippen LogP contribution in [0.1, 0.15) is 20.8 Å². The average molecular weight is 342 g/mol. The first kappa shape index (κ1) is 24.8. The van der Waals surface area contributed by atoms with Crippen molar-refractivity contribution in [3.63, 3.8) is 0 Å². The van der Waals surface area contributed by atoms with Crippen molar-refractivity contribution in [1.82, 2.24) is 5.31 Å². The van der Waals surface area contributed by atoms with E-state index in [2.05, 4.69) is 6.08 Å². The zero-order chi connectivity index (χ0) is 8.91. The minimum atomic E-state index is -0.130. The molecule has 4 radical (unpaired) electrons. The molecule has 0 spiro atoms. The molecule has 0 saturated carbocycles. The summed E-state index contributed by atoms with van der Waals surface area (Å²) in [7, 11) is 0. The Hall–Kier alpha value is 1.78. The van der Waals surface area contributed by atoms with Gasteiger partial charge in [0.2, 0.25) is 0 Å². The van der Waals surface area contributed by atoms with Crippen LogP contribution in [-0.4, -0.2) is 12.1 Å². The van der Waals surface area contributed by atoms with Gasteiger partial charge in [-0.2, -0.15) is 0 Å². The van der Waals surface area contributed by atoms with Crippen molar-refractivity contribution < 1.29 is 75.6 Å². The van der Waals surface area contributed by atoms with Crippen molar-refractivity contribution in [1.29, 1.82) is 0 Å². The Morgan fingerprint density at radius 1 is 1.36 bits per heavy atom. The van der Waals surface area contributed by atoms with Gasteiger partial charge < -0.3 is 30.1 Å². The van der Waals surface area contributed by atoms with Gasteiger partial charge in [-0.25, -0.2) is 0 Å². The van der Waals surface area contributed by atoms with Gasteiger partial charge in [-0.15, -0.1) is 0 Å². The van der Waals surface area contributed by atoms with Crippen LogP contribution < -0.4 is 5.31 Å². The third-order valence-electron chi connectivity index (χ3n) is 0.859. The maximum Gasteiger partial charge on any atom is 2.00 e. The van der Waals surface area contributed by atoms with E-state index >= 15 is 0 Å². The molecular weight excluding hydrogens is 326 g/mol. The fraction of sp³-hybridized carbons (Fsp3) is 0.556. The third-order valence-corrected chi connectivity index (χ3v) is 0.859. The van der Waals surface area contributed by atoms with Gasteiger partial charge in [0.15, 0.2) is 0 Å². The minimum Gasteiger partial charge on any atom is -0.394 e.